The molecular weight excluding hydrogens is 248 g/mol. The van der Waals surface area contributed by atoms with E-state index in [1.165, 1.54) is 0 Å². The smallest absolute Gasteiger partial charge is 0.320 e. The van der Waals surface area contributed by atoms with Gasteiger partial charge in [0.2, 0.25) is 0 Å². The highest BCUT2D eigenvalue weighted by atomic mass is 16.5. The lowest BCUT2D eigenvalue weighted by molar-refractivity contribution is -0.142. The lowest BCUT2D eigenvalue weighted by atomic mass is 9.99. The molecule has 0 aliphatic carbocycles. The molecule has 0 aromatic rings. The fraction of sp³-hybridized carbons (Fsp3) is 0.846. The van der Waals surface area contributed by atoms with Crippen molar-refractivity contribution < 1.29 is 19.4 Å². The maximum Gasteiger partial charge on any atom is 0.320 e. The highest BCUT2D eigenvalue weighted by molar-refractivity contribution is 5.77. The third-order valence-electron chi connectivity index (χ3n) is 3.56. The second kappa shape index (κ2) is 7.33. The van der Waals surface area contributed by atoms with Crippen molar-refractivity contribution in [3.63, 3.8) is 0 Å². The van der Waals surface area contributed by atoms with Gasteiger partial charge in [0.25, 0.3) is 0 Å². The number of aliphatic carboxylic acids is 1. The molecule has 19 heavy (non-hydrogen) atoms. The van der Waals surface area contributed by atoms with Crippen LogP contribution in [0.15, 0.2) is 0 Å². The standard InChI is InChI=1S/C13H24N2O4/c1-4-14(6-7-19-5-2)13(18)15-8-10(3)11(9-15)12(16)17/h10-11H,4-9H2,1-3H3,(H,16,17). The number of nitrogens with zero attached hydrogens (tertiary/aromatic N) is 2. The number of ether oxygens (including phenoxy) is 1. The van der Waals surface area contributed by atoms with Crippen molar-refractivity contribution in [2.45, 2.75) is 20.8 Å². The van der Waals surface area contributed by atoms with Crippen LogP contribution in [0.2, 0.25) is 0 Å². The largest absolute Gasteiger partial charge is 0.481 e. The Morgan fingerprint density at radius 2 is 2.05 bits per heavy atom. The first-order chi connectivity index (χ1) is 9.01. The summed E-state index contributed by atoms with van der Waals surface area (Å²) < 4.78 is 5.25. The van der Waals surface area contributed by atoms with Gasteiger partial charge in [0, 0.05) is 32.8 Å². The van der Waals surface area contributed by atoms with Gasteiger partial charge in [0.15, 0.2) is 0 Å². The predicted molar refractivity (Wildman–Crippen MR) is 71.0 cm³/mol. The van der Waals surface area contributed by atoms with Gasteiger partial charge in [-0.05, 0) is 19.8 Å². The number of urea groups is 1. The van der Waals surface area contributed by atoms with E-state index in [0.717, 1.165) is 0 Å². The van der Waals surface area contributed by atoms with Gasteiger partial charge in [0.1, 0.15) is 0 Å². The van der Waals surface area contributed by atoms with Crippen LogP contribution in [0.4, 0.5) is 4.79 Å². The van der Waals surface area contributed by atoms with Crippen LogP contribution in [0.25, 0.3) is 0 Å². The molecule has 2 atom stereocenters. The van der Waals surface area contributed by atoms with E-state index in [1.807, 2.05) is 20.8 Å². The van der Waals surface area contributed by atoms with Crippen molar-refractivity contribution in [3.05, 3.63) is 0 Å². The number of carboxylic acid groups (broad SMARTS) is 1. The highest BCUT2D eigenvalue weighted by Gasteiger charge is 2.38. The van der Waals surface area contributed by atoms with Crippen molar-refractivity contribution in [3.8, 4) is 0 Å². The molecule has 0 aromatic carbocycles. The van der Waals surface area contributed by atoms with Gasteiger partial charge in [-0.1, -0.05) is 6.92 Å². The van der Waals surface area contributed by atoms with E-state index in [0.29, 0.717) is 39.4 Å². The minimum Gasteiger partial charge on any atom is -0.481 e. The van der Waals surface area contributed by atoms with Crippen LogP contribution in [0.5, 0.6) is 0 Å². The molecule has 6 nitrogen and oxygen atoms in total. The van der Waals surface area contributed by atoms with E-state index < -0.39 is 11.9 Å². The molecule has 0 radical (unpaired) electrons. The summed E-state index contributed by atoms with van der Waals surface area (Å²) >= 11 is 0. The number of amides is 2. The van der Waals surface area contributed by atoms with Crippen molar-refractivity contribution in [2.75, 3.05) is 39.4 Å². The second-order valence-electron chi connectivity index (χ2n) is 4.89. The Labute approximate surface area is 114 Å². The number of hydrogen-bond acceptors (Lipinski definition) is 3. The third kappa shape index (κ3) is 4.09. The van der Waals surface area contributed by atoms with Gasteiger partial charge in [-0.15, -0.1) is 0 Å². The Morgan fingerprint density at radius 3 is 2.53 bits per heavy atom. The molecule has 0 bridgehead atoms. The molecule has 1 rings (SSSR count). The summed E-state index contributed by atoms with van der Waals surface area (Å²) in [6.45, 7) is 8.83. The van der Waals surface area contributed by atoms with Gasteiger partial charge in [0.05, 0.1) is 12.5 Å². The minimum absolute atomic E-state index is 0.00653. The van der Waals surface area contributed by atoms with E-state index >= 15 is 0 Å². The van der Waals surface area contributed by atoms with Gasteiger partial charge in [-0.2, -0.15) is 0 Å². The molecule has 2 amide bonds. The molecule has 2 unspecified atom stereocenters. The van der Waals surface area contributed by atoms with Crippen LogP contribution in [-0.4, -0.2) is 66.3 Å². The normalized spacial score (nSPS) is 22.6. The zero-order valence-corrected chi connectivity index (χ0v) is 12.0. The molecule has 1 fully saturated rings. The fourth-order valence-electron chi connectivity index (χ4n) is 2.35. The monoisotopic (exact) mass is 272 g/mol. The Kier molecular flexibility index (Phi) is 6.08. The molecule has 0 spiro atoms. The Morgan fingerprint density at radius 1 is 1.37 bits per heavy atom. The van der Waals surface area contributed by atoms with Crippen LogP contribution in [0.1, 0.15) is 20.8 Å². The molecular formula is C13H24N2O4. The molecule has 1 aliphatic heterocycles. The van der Waals surface area contributed by atoms with Gasteiger partial charge < -0.3 is 19.6 Å². The highest BCUT2D eigenvalue weighted by Crippen LogP contribution is 2.24. The topological polar surface area (TPSA) is 70.1 Å². The van der Waals surface area contributed by atoms with E-state index in [9.17, 15) is 9.59 Å². The molecule has 1 N–H and O–H groups in total. The summed E-state index contributed by atoms with van der Waals surface area (Å²) in [5, 5.41) is 9.08. The van der Waals surface area contributed by atoms with Crippen molar-refractivity contribution in [1.82, 2.24) is 9.80 Å². The lowest BCUT2D eigenvalue weighted by Crippen LogP contribution is -2.43. The molecule has 1 saturated heterocycles. The zero-order chi connectivity index (χ0) is 14.4. The molecule has 0 saturated carbocycles. The quantitative estimate of drug-likeness (QED) is 0.736. The van der Waals surface area contributed by atoms with E-state index in [-0.39, 0.29) is 11.9 Å². The fourth-order valence-corrected chi connectivity index (χ4v) is 2.35. The van der Waals surface area contributed by atoms with E-state index in [2.05, 4.69) is 0 Å². The maximum absolute atomic E-state index is 12.3. The Balaban J connectivity index is 2.54. The number of likely N-dealkylation sites (tertiary alicyclic amines) is 1. The first-order valence-electron chi connectivity index (χ1n) is 6.85. The van der Waals surface area contributed by atoms with Crippen molar-refractivity contribution in [1.29, 1.82) is 0 Å². The van der Waals surface area contributed by atoms with Crippen LogP contribution in [0.3, 0.4) is 0 Å². The summed E-state index contributed by atoms with van der Waals surface area (Å²) in [6.07, 6.45) is 0. The van der Waals surface area contributed by atoms with Crippen LogP contribution >= 0.6 is 0 Å². The summed E-state index contributed by atoms with van der Waals surface area (Å²) in [5.41, 5.74) is 0. The van der Waals surface area contributed by atoms with E-state index in [4.69, 9.17) is 9.84 Å². The van der Waals surface area contributed by atoms with Crippen molar-refractivity contribution in [2.24, 2.45) is 11.8 Å². The van der Waals surface area contributed by atoms with Gasteiger partial charge in [-0.3, -0.25) is 4.79 Å². The van der Waals surface area contributed by atoms with Gasteiger partial charge in [-0.25, -0.2) is 4.79 Å². The number of likely N-dealkylation sites (N-methyl/N-ethyl adjacent to an activating group) is 1. The number of carboxylic acids is 1. The first kappa shape index (κ1) is 15.8. The molecule has 1 heterocycles. The summed E-state index contributed by atoms with van der Waals surface area (Å²) in [4.78, 5) is 26.7. The number of hydrogen-bond donors (Lipinski definition) is 1. The number of carbonyl (C=O) groups is 2. The van der Waals surface area contributed by atoms with Crippen LogP contribution < -0.4 is 0 Å². The molecule has 6 heteroatoms. The number of carbonyl (C=O) groups excluding carboxylic acids is 1. The van der Waals surface area contributed by atoms with Crippen LogP contribution in [0, 0.1) is 11.8 Å². The number of rotatable bonds is 6. The Bertz CT molecular complexity index is 322. The van der Waals surface area contributed by atoms with E-state index in [1.54, 1.807) is 9.80 Å². The average Bonchev–Trinajstić information content (AvgIpc) is 2.76. The Hall–Kier alpha value is -1.30. The first-order valence-corrected chi connectivity index (χ1v) is 6.85. The second-order valence-corrected chi connectivity index (χ2v) is 4.89. The SMILES string of the molecule is CCOCCN(CC)C(=O)N1CC(C)C(C(=O)O)C1. The average molecular weight is 272 g/mol. The maximum atomic E-state index is 12.3. The molecule has 1 aliphatic rings. The predicted octanol–water partition coefficient (Wildman–Crippen LogP) is 1.12. The minimum atomic E-state index is -0.819. The summed E-state index contributed by atoms with van der Waals surface area (Å²) in [7, 11) is 0. The zero-order valence-electron chi connectivity index (χ0n) is 12.0. The van der Waals surface area contributed by atoms with Crippen molar-refractivity contribution >= 4 is 12.0 Å². The molecule has 0 aromatic heterocycles. The van der Waals surface area contributed by atoms with Crippen LogP contribution in [-0.2, 0) is 9.53 Å². The summed E-state index contributed by atoms with van der Waals surface area (Å²) in [6, 6.07) is -0.0854. The third-order valence-corrected chi connectivity index (χ3v) is 3.56. The lowest BCUT2D eigenvalue weighted by Gasteiger charge is -2.27. The van der Waals surface area contributed by atoms with Gasteiger partial charge >= 0.3 is 12.0 Å². The molecule has 110 valence electrons. The summed E-state index contributed by atoms with van der Waals surface area (Å²) in [5.74, 6) is -1.26.